The first-order valence-corrected chi connectivity index (χ1v) is 8.45. The van der Waals surface area contributed by atoms with Gasteiger partial charge in [-0.15, -0.1) is 0 Å². The third-order valence-corrected chi connectivity index (χ3v) is 4.35. The monoisotopic (exact) mass is 366 g/mol. The van der Waals surface area contributed by atoms with Crippen molar-refractivity contribution in [1.82, 2.24) is 14.6 Å². The van der Waals surface area contributed by atoms with E-state index in [9.17, 15) is 20.1 Å². The first-order chi connectivity index (χ1) is 12.4. The Morgan fingerprint density at radius 1 is 1.31 bits per heavy atom. The van der Waals surface area contributed by atoms with E-state index in [1.54, 1.807) is 18.3 Å². The van der Waals surface area contributed by atoms with Crippen LogP contribution in [0.2, 0.25) is 0 Å². The van der Waals surface area contributed by atoms with Crippen molar-refractivity contribution >= 4 is 17.4 Å². The van der Waals surface area contributed by atoms with Gasteiger partial charge >= 0.3 is 5.97 Å². The van der Waals surface area contributed by atoms with Gasteiger partial charge in [0, 0.05) is 17.8 Å². The van der Waals surface area contributed by atoms with Crippen molar-refractivity contribution in [2.75, 3.05) is 5.32 Å². The van der Waals surface area contributed by atoms with Gasteiger partial charge in [0.1, 0.15) is 24.1 Å². The van der Waals surface area contributed by atoms with E-state index < -0.39 is 36.6 Å². The summed E-state index contributed by atoms with van der Waals surface area (Å²) in [6, 6.07) is 3.45. The number of hydrogen-bond acceptors (Lipinski definition) is 8. The molecule has 0 radical (unpaired) electrons. The Morgan fingerprint density at radius 3 is 2.77 bits per heavy atom. The molecule has 1 fully saturated rings. The summed E-state index contributed by atoms with van der Waals surface area (Å²) in [5, 5.41) is 46.0. The van der Waals surface area contributed by atoms with Crippen LogP contribution in [0.1, 0.15) is 25.5 Å². The van der Waals surface area contributed by atoms with Crippen LogP contribution in [0, 0.1) is 0 Å². The minimum absolute atomic E-state index is 0.433. The molecule has 1 aliphatic rings. The summed E-state index contributed by atoms with van der Waals surface area (Å²) in [5.41, 5.74) is 1.39. The number of anilines is 1. The number of aliphatic hydroxyl groups excluding tert-OH is 3. The Bertz CT molecular complexity index is 781. The van der Waals surface area contributed by atoms with Gasteiger partial charge in [0.15, 0.2) is 18.0 Å². The highest BCUT2D eigenvalue weighted by Gasteiger charge is 2.47. The van der Waals surface area contributed by atoms with Gasteiger partial charge < -0.3 is 30.5 Å². The molecular weight excluding hydrogens is 344 g/mol. The molecule has 0 amide bonds. The van der Waals surface area contributed by atoms with Gasteiger partial charge in [-0.3, -0.25) is 0 Å². The van der Waals surface area contributed by atoms with Crippen molar-refractivity contribution < 1.29 is 30.0 Å². The lowest BCUT2D eigenvalue weighted by Gasteiger charge is -2.39. The largest absolute Gasteiger partial charge is 0.479 e. The highest BCUT2D eigenvalue weighted by atomic mass is 16.6. The highest BCUT2D eigenvalue weighted by molar-refractivity contribution is 5.73. The molecule has 0 spiro atoms. The van der Waals surface area contributed by atoms with E-state index >= 15 is 0 Å². The maximum absolute atomic E-state index is 11.2. The van der Waals surface area contributed by atoms with Crippen molar-refractivity contribution in [2.45, 2.75) is 56.8 Å². The number of fused-ring (bicyclic) bond motifs is 1. The van der Waals surface area contributed by atoms with Crippen molar-refractivity contribution in [3.05, 3.63) is 24.0 Å². The Hall–Kier alpha value is -2.27. The van der Waals surface area contributed by atoms with E-state index in [1.807, 2.05) is 0 Å². The maximum atomic E-state index is 11.2. The molecule has 0 saturated carbocycles. The lowest BCUT2D eigenvalue weighted by atomic mass is 9.98. The predicted octanol–water partition coefficient (Wildman–Crippen LogP) is -0.624. The number of carbonyl (C=O) groups is 1. The molecule has 2 aromatic heterocycles. The summed E-state index contributed by atoms with van der Waals surface area (Å²) in [5.74, 6) is -0.999. The van der Waals surface area contributed by atoms with Gasteiger partial charge in [-0.1, -0.05) is 13.3 Å². The average Bonchev–Trinajstić information content (AvgIpc) is 3.08. The average molecular weight is 366 g/mol. The molecule has 0 bridgehead atoms. The van der Waals surface area contributed by atoms with Gasteiger partial charge in [-0.25, -0.2) is 9.78 Å². The van der Waals surface area contributed by atoms with Crippen LogP contribution in [-0.4, -0.2) is 71.6 Å². The fraction of sp³-hybridized carbons (Fsp3) is 0.562. The lowest BCUT2D eigenvalue weighted by molar-refractivity contribution is -0.221. The number of unbranched alkanes of at least 4 members (excludes halogenated alkanes) is 1. The van der Waals surface area contributed by atoms with E-state index in [2.05, 4.69) is 22.3 Å². The molecular formula is C16H22N4O6. The number of rotatable bonds is 6. The maximum Gasteiger partial charge on any atom is 0.335 e. The molecule has 1 unspecified atom stereocenters. The second kappa shape index (κ2) is 7.54. The summed E-state index contributed by atoms with van der Waals surface area (Å²) in [6.45, 7) is 2.07. The summed E-state index contributed by atoms with van der Waals surface area (Å²) >= 11 is 0. The van der Waals surface area contributed by atoms with Crippen LogP contribution < -0.4 is 5.32 Å². The number of nitrogens with zero attached hydrogens (tertiary/aromatic N) is 3. The number of carboxylic acid groups (broad SMARTS) is 1. The fourth-order valence-corrected chi connectivity index (χ4v) is 2.90. The zero-order valence-corrected chi connectivity index (χ0v) is 14.2. The van der Waals surface area contributed by atoms with Gasteiger partial charge in [0.05, 0.1) is 6.20 Å². The Kier molecular flexibility index (Phi) is 5.37. The van der Waals surface area contributed by atoms with Crippen LogP contribution in [-0.2, 0) is 16.0 Å². The van der Waals surface area contributed by atoms with Gasteiger partial charge in [0.25, 0.3) is 0 Å². The third kappa shape index (κ3) is 3.49. The van der Waals surface area contributed by atoms with Crippen LogP contribution in [0.4, 0.5) is 5.82 Å². The normalized spacial score (nSPS) is 29.0. The number of aryl methyl sites for hydroxylation is 1. The van der Waals surface area contributed by atoms with Crippen LogP contribution in [0.25, 0.3) is 5.65 Å². The minimum atomic E-state index is -1.73. The SMILES string of the molecule is CCCCc1cc(NC2O[C@H](C(=O)O)[C@@H](O)[C@H](O)[C@H]2O)n2nccc2n1. The molecule has 1 saturated heterocycles. The molecule has 26 heavy (non-hydrogen) atoms. The van der Waals surface area contributed by atoms with Crippen LogP contribution in [0.3, 0.4) is 0 Å². The molecule has 0 aliphatic carbocycles. The fourth-order valence-electron chi connectivity index (χ4n) is 2.90. The van der Waals surface area contributed by atoms with Crippen molar-refractivity contribution in [1.29, 1.82) is 0 Å². The second-order valence-electron chi connectivity index (χ2n) is 6.27. The van der Waals surface area contributed by atoms with Crippen molar-refractivity contribution in [2.24, 2.45) is 0 Å². The van der Waals surface area contributed by atoms with Gasteiger partial charge in [-0.05, 0) is 12.8 Å². The van der Waals surface area contributed by atoms with E-state index in [0.717, 1.165) is 25.0 Å². The summed E-state index contributed by atoms with van der Waals surface area (Å²) in [4.78, 5) is 15.7. The zero-order chi connectivity index (χ0) is 18.8. The van der Waals surface area contributed by atoms with Gasteiger partial charge in [0.2, 0.25) is 0 Å². The van der Waals surface area contributed by atoms with Crippen LogP contribution in [0.5, 0.6) is 0 Å². The molecule has 5 N–H and O–H groups in total. The smallest absolute Gasteiger partial charge is 0.335 e. The summed E-state index contributed by atoms with van der Waals surface area (Å²) < 4.78 is 6.75. The molecule has 3 rings (SSSR count). The van der Waals surface area contributed by atoms with E-state index in [-0.39, 0.29) is 0 Å². The quantitative estimate of drug-likeness (QED) is 0.450. The minimum Gasteiger partial charge on any atom is -0.479 e. The summed E-state index contributed by atoms with van der Waals surface area (Å²) in [6.07, 6.45) is -3.58. The number of ether oxygens (including phenoxy) is 1. The van der Waals surface area contributed by atoms with Crippen LogP contribution >= 0.6 is 0 Å². The predicted molar refractivity (Wildman–Crippen MR) is 89.5 cm³/mol. The Morgan fingerprint density at radius 2 is 2.08 bits per heavy atom. The van der Waals surface area contributed by atoms with E-state index in [1.165, 1.54) is 4.52 Å². The molecule has 1 aliphatic heterocycles. The lowest BCUT2D eigenvalue weighted by Crippen LogP contribution is -2.61. The number of aliphatic hydroxyl groups is 3. The van der Waals surface area contributed by atoms with E-state index in [4.69, 9.17) is 9.84 Å². The van der Waals surface area contributed by atoms with Crippen molar-refractivity contribution in [3.63, 3.8) is 0 Å². The number of aliphatic carboxylic acids is 1. The summed E-state index contributed by atoms with van der Waals surface area (Å²) in [7, 11) is 0. The standard InChI is InChI=1S/C16H22N4O6/c1-2-3-4-8-7-10(20-9(18-8)5-6-17-20)19-15-13(23)11(21)12(22)14(26-15)16(24)25/h5-7,11-15,19,21-23H,2-4H2,1H3,(H,24,25)/t11-,12-,13+,14-,15?/m0/s1. The first-order valence-electron chi connectivity index (χ1n) is 8.45. The molecule has 10 nitrogen and oxygen atoms in total. The molecule has 142 valence electrons. The molecule has 3 heterocycles. The topological polar surface area (TPSA) is 149 Å². The van der Waals surface area contributed by atoms with Crippen molar-refractivity contribution in [3.8, 4) is 0 Å². The second-order valence-corrected chi connectivity index (χ2v) is 6.27. The van der Waals surface area contributed by atoms with Crippen LogP contribution in [0.15, 0.2) is 18.3 Å². The van der Waals surface area contributed by atoms with Gasteiger partial charge in [-0.2, -0.15) is 9.61 Å². The number of nitrogens with one attached hydrogen (secondary N) is 1. The molecule has 10 heteroatoms. The number of carboxylic acids is 1. The molecule has 0 aromatic carbocycles. The Labute approximate surface area is 149 Å². The zero-order valence-electron chi connectivity index (χ0n) is 14.2. The Balaban J connectivity index is 1.89. The van der Waals surface area contributed by atoms with E-state index in [0.29, 0.717) is 11.5 Å². The molecule has 5 atom stereocenters. The highest BCUT2D eigenvalue weighted by Crippen LogP contribution is 2.24. The molecule has 2 aromatic rings. The number of aromatic nitrogens is 3. The number of hydrogen-bond donors (Lipinski definition) is 5. The third-order valence-electron chi connectivity index (χ3n) is 4.35. The first kappa shape index (κ1) is 18.5.